The number of anilines is 1. The van der Waals surface area contributed by atoms with E-state index >= 15 is 0 Å². The van der Waals surface area contributed by atoms with Gasteiger partial charge in [0.2, 0.25) is 11.8 Å². The molecule has 1 fully saturated rings. The molecule has 5 rings (SSSR count). The minimum Gasteiger partial charge on any atom is -0.351 e. The van der Waals surface area contributed by atoms with Crippen LogP contribution < -0.4 is 15.9 Å². The van der Waals surface area contributed by atoms with Crippen LogP contribution in [-0.4, -0.2) is 38.5 Å². The predicted octanol–water partition coefficient (Wildman–Crippen LogP) is 2.87. The van der Waals surface area contributed by atoms with E-state index in [0.29, 0.717) is 31.1 Å². The highest BCUT2D eigenvalue weighted by molar-refractivity contribution is 8.00. The van der Waals surface area contributed by atoms with Crippen molar-refractivity contribution in [3.63, 3.8) is 0 Å². The largest absolute Gasteiger partial charge is 0.351 e. The highest BCUT2D eigenvalue weighted by Gasteiger charge is 2.57. The molecule has 1 saturated heterocycles. The Morgan fingerprint density at radius 3 is 2.34 bits per heavy atom. The number of hydrogen-bond donors (Lipinski definition) is 2. The van der Waals surface area contributed by atoms with E-state index in [-0.39, 0.29) is 6.54 Å². The number of nitrogens with zero attached hydrogens (tertiary/aromatic N) is 2. The van der Waals surface area contributed by atoms with Crippen molar-refractivity contribution < 1.29 is 19.2 Å². The van der Waals surface area contributed by atoms with E-state index < -0.39 is 45.7 Å². The first kappa shape index (κ1) is 23.3. The summed E-state index contributed by atoms with van der Waals surface area (Å²) in [5.74, 6) is -3.48. The molecule has 0 radical (unpaired) electrons. The molecule has 3 aromatic rings. The zero-order valence-electron chi connectivity index (χ0n) is 17.8. The summed E-state index contributed by atoms with van der Waals surface area (Å²) in [6, 6.07) is 14.4. The Bertz CT molecular complexity index is 1420. The molecule has 0 bridgehead atoms. The quantitative estimate of drug-likeness (QED) is 0.500. The summed E-state index contributed by atoms with van der Waals surface area (Å²) in [5, 5.41) is 2.66. The number of hydrogen-bond acceptors (Lipinski definition) is 7. The molecule has 3 unspecified atom stereocenters. The van der Waals surface area contributed by atoms with E-state index in [1.807, 2.05) is 6.07 Å². The molecule has 0 aliphatic carbocycles. The molecule has 3 atom stereocenters. The van der Waals surface area contributed by atoms with Crippen molar-refractivity contribution in [1.29, 1.82) is 0 Å². The number of urea groups is 1. The first-order valence-electron chi connectivity index (χ1n) is 10.4. The fourth-order valence-electron chi connectivity index (χ4n) is 4.37. The molecular formula is C23H17ClN4O5S2. The number of thiazole rings is 1. The Labute approximate surface area is 211 Å². The molecule has 3 N–H and O–H groups in total. The number of imide groups is 3. The first-order chi connectivity index (χ1) is 16.8. The van der Waals surface area contributed by atoms with E-state index in [1.165, 1.54) is 4.57 Å². The monoisotopic (exact) mass is 528 g/mol. The molecule has 0 spiro atoms. The Morgan fingerprint density at radius 2 is 1.69 bits per heavy atom. The van der Waals surface area contributed by atoms with Crippen molar-refractivity contribution in [2.75, 3.05) is 5.32 Å². The maximum atomic E-state index is 13.1. The maximum Gasteiger partial charge on any atom is 0.328 e. The summed E-state index contributed by atoms with van der Waals surface area (Å²) in [4.78, 5) is 64.4. The Morgan fingerprint density at radius 1 is 1.00 bits per heavy atom. The number of carbonyl (C=O) groups excluding carboxylic acids is 4. The van der Waals surface area contributed by atoms with Gasteiger partial charge in [-0.3, -0.25) is 23.7 Å². The molecule has 2 aromatic carbocycles. The van der Waals surface area contributed by atoms with Gasteiger partial charge in [0.05, 0.1) is 10.9 Å². The summed E-state index contributed by atoms with van der Waals surface area (Å²) in [6.45, 7) is -0.279. The van der Waals surface area contributed by atoms with E-state index in [2.05, 4.69) is 5.32 Å². The number of carbonyl (C=O) groups is 4. The lowest BCUT2D eigenvalue weighted by Crippen LogP contribution is -2.41. The first-order valence-corrected chi connectivity index (χ1v) is 12.5. The van der Waals surface area contributed by atoms with Crippen LogP contribution in [0, 0.1) is 5.92 Å². The number of benzene rings is 2. The third-order valence-electron chi connectivity index (χ3n) is 5.86. The second-order valence-corrected chi connectivity index (χ2v) is 10.5. The van der Waals surface area contributed by atoms with Crippen LogP contribution >= 0.6 is 34.7 Å². The van der Waals surface area contributed by atoms with Crippen molar-refractivity contribution in [3.05, 3.63) is 79.7 Å². The molecule has 0 saturated carbocycles. The van der Waals surface area contributed by atoms with Gasteiger partial charge in [-0.1, -0.05) is 65.0 Å². The Balaban J connectivity index is 1.58. The lowest BCUT2D eigenvalue weighted by atomic mass is 9.83. The third kappa shape index (κ3) is 4.05. The second kappa shape index (κ2) is 8.99. The summed E-state index contributed by atoms with van der Waals surface area (Å²) in [6.07, 6.45) is 0. The minimum atomic E-state index is -1.15. The fraction of sp³-hybridized carbons (Fsp3) is 0.174. The standard InChI is InChI=1S/C23H17ClN4O5S2/c24-12-8-6-11(7-9-12)15-16-17(20(31)28(19(16)30)22(25)32)34-21-18(15)35-23(33)27(21)10-14(29)26-13-4-2-1-3-5-13/h1-9,15-17H,10H2,(H2,25,32)(H,26,29). The molecule has 2 aliphatic rings. The SMILES string of the molecule is NC(=O)N1C(=O)C2Sc3c(sc(=O)n3CC(=O)Nc3ccccc3)C(c3ccc(Cl)cc3)C2C1=O. The van der Waals surface area contributed by atoms with Gasteiger partial charge in [-0.05, 0) is 29.8 Å². The van der Waals surface area contributed by atoms with Crippen molar-refractivity contribution in [3.8, 4) is 0 Å². The van der Waals surface area contributed by atoms with Gasteiger partial charge >= 0.3 is 10.9 Å². The van der Waals surface area contributed by atoms with Gasteiger partial charge in [-0.15, -0.1) is 0 Å². The second-order valence-electron chi connectivity index (χ2n) is 7.98. The number of para-hydroxylation sites is 1. The summed E-state index contributed by atoms with van der Waals surface area (Å²) in [5.41, 5.74) is 6.56. The number of amides is 5. The molecular weight excluding hydrogens is 512 g/mol. The number of likely N-dealkylation sites (tertiary alicyclic amines) is 1. The molecule has 5 amide bonds. The van der Waals surface area contributed by atoms with Crippen LogP contribution in [0.2, 0.25) is 5.02 Å². The number of thioether (sulfide) groups is 1. The fourth-order valence-corrected chi connectivity index (χ4v) is 7.27. The van der Waals surface area contributed by atoms with Crippen LogP contribution in [0.15, 0.2) is 64.4 Å². The average molecular weight is 529 g/mol. The topological polar surface area (TPSA) is 132 Å². The predicted molar refractivity (Wildman–Crippen MR) is 132 cm³/mol. The van der Waals surface area contributed by atoms with Crippen molar-refractivity contribution in [2.45, 2.75) is 22.7 Å². The zero-order chi connectivity index (χ0) is 24.9. The van der Waals surface area contributed by atoms with Gasteiger partial charge in [0, 0.05) is 21.5 Å². The summed E-state index contributed by atoms with van der Waals surface area (Å²) in [7, 11) is 0. The minimum absolute atomic E-state index is 0.279. The molecule has 178 valence electrons. The Hall–Kier alpha value is -3.41. The molecule has 3 heterocycles. The van der Waals surface area contributed by atoms with E-state index in [1.54, 1.807) is 48.5 Å². The van der Waals surface area contributed by atoms with E-state index in [4.69, 9.17) is 17.3 Å². The maximum absolute atomic E-state index is 13.1. The van der Waals surface area contributed by atoms with Crippen molar-refractivity contribution in [2.24, 2.45) is 11.7 Å². The molecule has 12 heteroatoms. The summed E-state index contributed by atoms with van der Waals surface area (Å²) < 4.78 is 1.30. The molecule has 2 aliphatic heterocycles. The van der Waals surface area contributed by atoms with Crippen LogP contribution in [0.25, 0.3) is 0 Å². The smallest absolute Gasteiger partial charge is 0.328 e. The Kier molecular flexibility index (Phi) is 5.99. The van der Waals surface area contributed by atoms with E-state index in [9.17, 15) is 24.0 Å². The van der Waals surface area contributed by atoms with Crippen molar-refractivity contribution in [1.82, 2.24) is 9.47 Å². The number of fused-ring (bicyclic) bond motifs is 2. The van der Waals surface area contributed by atoms with Crippen molar-refractivity contribution >= 4 is 64.1 Å². The van der Waals surface area contributed by atoms with Crippen LogP contribution in [0.5, 0.6) is 0 Å². The lowest BCUT2D eigenvalue weighted by Gasteiger charge is -2.30. The zero-order valence-corrected chi connectivity index (χ0v) is 20.2. The number of primary amides is 1. The third-order valence-corrected chi connectivity index (χ3v) is 8.71. The van der Waals surface area contributed by atoms with Crippen LogP contribution in [0.4, 0.5) is 10.5 Å². The number of aromatic nitrogens is 1. The van der Waals surface area contributed by atoms with Gasteiger partial charge in [-0.2, -0.15) is 4.90 Å². The van der Waals surface area contributed by atoms with Crippen LogP contribution in [0.3, 0.4) is 0 Å². The number of rotatable bonds is 4. The molecule has 9 nitrogen and oxygen atoms in total. The molecule has 35 heavy (non-hydrogen) atoms. The van der Waals surface area contributed by atoms with Crippen LogP contribution in [0.1, 0.15) is 16.4 Å². The van der Waals surface area contributed by atoms with Crippen LogP contribution in [-0.2, 0) is 20.9 Å². The lowest BCUT2D eigenvalue weighted by molar-refractivity contribution is -0.135. The number of nitrogens with one attached hydrogen (secondary N) is 1. The van der Waals surface area contributed by atoms with Gasteiger partial charge in [0.25, 0.3) is 5.91 Å². The van der Waals surface area contributed by atoms with Gasteiger partial charge < -0.3 is 11.1 Å². The van der Waals surface area contributed by atoms with Gasteiger partial charge in [0.1, 0.15) is 11.8 Å². The highest BCUT2D eigenvalue weighted by Crippen LogP contribution is 2.53. The highest BCUT2D eigenvalue weighted by atomic mass is 35.5. The summed E-state index contributed by atoms with van der Waals surface area (Å²) >= 11 is 7.96. The number of nitrogens with two attached hydrogens (primary N) is 1. The molecule has 1 aromatic heterocycles. The van der Waals surface area contributed by atoms with Gasteiger partial charge in [0.15, 0.2) is 0 Å². The number of halogens is 1. The van der Waals surface area contributed by atoms with E-state index in [0.717, 1.165) is 23.1 Å². The van der Waals surface area contributed by atoms with Gasteiger partial charge in [-0.25, -0.2) is 4.79 Å². The average Bonchev–Trinajstić information content (AvgIpc) is 3.26. The normalized spacial score (nSPS) is 20.9.